The van der Waals surface area contributed by atoms with E-state index < -0.39 is 22.8 Å². The molecule has 2 aromatic carbocycles. The summed E-state index contributed by atoms with van der Waals surface area (Å²) in [5.41, 5.74) is 0.256. The van der Waals surface area contributed by atoms with E-state index in [0.29, 0.717) is 37.7 Å². The van der Waals surface area contributed by atoms with Crippen LogP contribution < -0.4 is 5.32 Å². The van der Waals surface area contributed by atoms with Gasteiger partial charge in [-0.15, -0.1) is 0 Å². The molecule has 0 saturated carbocycles. The number of carbonyl (C=O) groups is 1. The van der Waals surface area contributed by atoms with Crippen LogP contribution in [0.3, 0.4) is 0 Å². The minimum absolute atomic E-state index is 0.103. The van der Waals surface area contributed by atoms with E-state index in [1.165, 1.54) is 6.07 Å². The summed E-state index contributed by atoms with van der Waals surface area (Å²) in [6.45, 7) is 11.8. The number of hydrogen-bond donors (Lipinski definition) is 1. The second-order valence-corrected chi connectivity index (χ2v) is 12.0. The van der Waals surface area contributed by atoms with Crippen molar-refractivity contribution in [3.8, 4) is 11.3 Å². The first-order valence-corrected chi connectivity index (χ1v) is 13.7. The van der Waals surface area contributed by atoms with Crippen molar-refractivity contribution >= 4 is 6.09 Å². The van der Waals surface area contributed by atoms with Crippen molar-refractivity contribution < 1.29 is 23.0 Å². The van der Waals surface area contributed by atoms with Gasteiger partial charge in [-0.2, -0.15) is 0 Å². The average Bonchev–Trinajstić information content (AvgIpc) is 3.53. The Kier molecular flexibility index (Phi) is 8.95. The van der Waals surface area contributed by atoms with E-state index >= 15 is 0 Å². The van der Waals surface area contributed by atoms with Gasteiger partial charge in [0.05, 0.1) is 17.3 Å². The van der Waals surface area contributed by atoms with Crippen LogP contribution in [0.15, 0.2) is 54.7 Å². The Balaban J connectivity index is 1.63. The highest BCUT2D eigenvalue weighted by molar-refractivity contribution is 5.68. The molecule has 1 fully saturated rings. The van der Waals surface area contributed by atoms with Crippen molar-refractivity contribution in [2.45, 2.75) is 64.8 Å². The summed E-state index contributed by atoms with van der Waals surface area (Å²) in [7, 11) is 1.64. The van der Waals surface area contributed by atoms with Crippen LogP contribution in [-0.4, -0.2) is 58.5 Å². The van der Waals surface area contributed by atoms with E-state index in [-0.39, 0.29) is 23.6 Å². The lowest BCUT2D eigenvalue weighted by Gasteiger charge is -2.34. The number of benzene rings is 2. The number of halogens is 2. The summed E-state index contributed by atoms with van der Waals surface area (Å²) in [6.07, 6.45) is 2.30. The summed E-state index contributed by atoms with van der Waals surface area (Å²) in [6, 6.07) is 12.9. The standard InChI is InChI=1S/C31H40F2N4O3/c1-30(2,3)40-29(38)36-15-14-22(19-36)17-34-27(31(4,5)39-6)28-35-26(24-16-23(32)12-13-25(24)33)20-37(28)18-21-10-8-7-9-11-21/h7-13,16,20,22,27,34H,14-15,17-19H2,1-6H3. The van der Waals surface area contributed by atoms with Crippen LogP contribution in [0.5, 0.6) is 0 Å². The van der Waals surface area contributed by atoms with Crippen LogP contribution in [0.25, 0.3) is 11.3 Å². The largest absolute Gasteiger partial charge is 0.444 e. The summed E-state index contributed by atoms with van der Waals surface area (Å²) in [5, 5.41) is 3.64. The molecule has 3 aromatic rings. The van der Waals surface area contributed by atoms with Gasteiger partial charge in [0.15, 0.2) is 0 Å². The van der Waals surface area contributed by atoms with E-state index in [2.05, 4.69) is 5.32 Å². The number of aromatic nitrogens is 2. The normalized spacial score (nSPS) is 16.8. The fourth-order valence-electron chi connectivity index (χ4n) is 4.93. The predicted octanol–water partition coefficient (Wildman–Crippen LogP) is 6.19. The van der Waals surface area contributed by atoms with Crippen molar-refractivity contribution in [1.82, 2.24) is 19.8 Å². The number of likely N-dealkylation sites (tertiary alicyclic amines) is 1. The molecule has 1 aliphatic heterocycles. The number of nitrogens with one attached hydrogen (secondary N) is 1. The maximum Gasteiger partial charge on any atom is 0.410 e. The van der Waals surface area contributed by atoms with Gasteiger partial charge in [-0.3, -0.25) is 0 Å². The molecule has 2 atom stereocenters. The Morgan fingerprint density at radius 2 is 1.85 bits per heavy atom. The number of rotatable bonds is 9. The van der Waals surface area contributed by atoms with Crippen molar-refractivity contribution in [3.63, 3.8) is 0 Å². The predicted molar refractivity (Wildman–Crippen MR) is 151 cm³/mol. The number of hydrogen-bond acceptors (Lipinski definition) is 5. The highest BCUT2D eigenvalue weighted by Gasteiger charge is 2.37. The van der Waals surface area contributed by atoms with Gasteiger partial charge in [-0.25, -0.2) is 18.6 Å². The zero-order chi connectivity index (χ0) is 29.1. The third-order valence-electron chi connectivity index (χ3n) is 7.24. The van der Waals surface area contributed by atoms with Crippen LogP contribution in [-0.2, 0) is 16.0 Å². The summed E-state index contributed by atoms with van der Waals surface area (Å²) in [4.78, 5) is 19.2. The van der Waals surface area contributed by atoms with E-state index in [1.54, 1.807) is 18.2 Å². The number of nitrogens with zero attached hydrogens (tertiary/aromatic N) is 3. The van der Waals surface area contributed by atoms with Gasteiger partial charge in [-0.05, 0) is 70.7 Å². The van der Waals surface area contributed by atoms with Gasteiger partial charge in [0.25, 0.3) is 0 Å². The fourth-order valence-corrected chi connectivity index (χ4v) is 4.93. The van der Waals surface area contributed by atoms with Crippen LogP contribution in [0, 0.1) is 17.6 Å². The molecule has 4 rings (SSSR count). The van der Waals surface area contributed by atoms with Crippen molar-refractivity contribution in [3.05, 3.63) is 77.8 Å². The highest BCUT2D eigenvalue weighted by Crippen LogP contribution is 2.32. The first kappa shape index (κ1) is 29.7. The SMILES string of the molecule is COC(C)(C)C(NCC1CCN(C(=O)OC(C)(C)C)C1)c1nc(-c2cc(F)ccc2F)cn1Cc1ccccc1. The molecule has 0 aliphatic carbocycles. The Labute approximate surface area is 235 Å². The van der Waals surface area contributed by atoms with Crippen molar-refractivity contribution in [2.75, 3.05) is 26.7 Å². The van der Waals surface area contributed by atoms with Crippen molar-refractivity contribution in [1.29, 1.82) is 0 Å². The average molecular weight is 555 g/mol. The molecule has 0 radical (unpaired) electrons. The van der Waals surface area contributed by atoms with Crippen molar-refractivity contribution in [2.24, 2.45) is 5.92 Å². The molecule has 1 aliphatic rings. The first-order valence-electron chi connectivity index (χ1n) is 13.7. The summed E-state index contributed by atoms with van der Waals surface area (Å²) < 4.78 is 42.3. The molecule has 216 valence electrons. The molecular formula is C31H40F2N4O3. The van der Waals surface area contributed by atoms with Crippen LogP contribution >= 0.6 is 0 Å². The number of imidazole rings is 1. The topological polar surface area (TPSA) is 68.6 Å². The molecule has 0 bridgehead atoms. The fraction of sp³-hybridized carbons (Fsp3) is 0.484. The lowest BCUT2D eigenvalue weighted by atomic mass is 9.96. The number of amides is 1. The minimum atomic E-state index is -0.693. The maximum absolute atomic E-state index is 14.8. The molecule has 7 nitrogen and oxygen atoms in total. The van der Waals surface area contributed by atoms with Gasteiger partial charge < -0.3 is 24.3 Å². The third-order valence-corrected chi connectivity index (χ3v) is 7.24. The second-order valence-electron chi connectivity index (χ2n) is 12.0. The van der Waals surface area contributed by atoms with Gasteiger partial charge in [0.1, 0.15) is 23.1 Å². The second kappa shape index (κ2) is 12.1. The molecule has 2 unspecified atom stereocenters. The number of ether oxygens (including phenoxy) is 2. The molecule has 9 heteroatoms. The smallest absolute Gasteiger partial charge is 0.410 e. The van der Waals surface area contributed by atoms with Gasteiger partial charge >= 0.3 is 6.09 Å². The monoisotopic (exact) mass is 554 g/mol. The lowest BCUT2D eigenvalue weighted by molar-refractivity contribution is -0.0154. The summed E-state index contributed by atoms with van der Waals surface area (Å²) in [5.74, 6) is -0.212. The molecule has 2 heterocycles. The molecule has 1 saturated heterocycles. The maximum atomic E-state index is 14.8. The zero-order valence-corrected chi connectivity index (χ0v) is 24.2. The Bertz CT molecular complexity index is 1300. The molecule has 0 spiro atoms. The summed E-state index contributed by atoms with van der Waals surface area (Å²) >= 11 is 0. The van der Waals surface area contributed by atoms with Gasteiger partial charge in [0, 0.05) is 45.0 Å². The first-order chi connectivity index (χ1) is 18.9. The number of methoxy groups -OCH3 is 1. The van der Waals surface area contributed by atoms with Crippen LogP contribution in [0.4, 0.5) is 13.6 Å². The third kappa shape index (κ3) is 7.26. The molecule has 1 N–H and O–H groups in total. The lowest BCUT2D eigenvalue weighted by Crippen LogP contribution is -2.44. The van der Waals surface area contributed by atoms with E-state index in [0.717, 1.165) is 24.1 Å². The minimum Gasteiger partial charge on any atom is -0.444 e. The number of carbonyl (C=O) groups excluding carboxylic acids is 1. The molecule has 1 aromatic heterocycles. The Morgan fingerprint density at radius 3 is 2.52 bits per heavy atom. The van der Waals surface area contributed by atoms with Crippen LogP contribution in [0.1, 0.15) is 58.5 Å². The van der Waals surface area contributed by atoms with E-state index in [9.17, 15) is 13.6 Å². The Hall–Kier alpha value is -3.30. The van der Waals surface area contributed by atoms with Gasteiger partial charge in [0.2, 0.25) is 0 Å². The zero-order valence-electron chi connectivity index (χ0n) is 24.2. The van der Waals surface area contributed by atoms with Gasteiger partial charge in [-0.1, -0.05) is 30.3 Å². The molecular weight excluding hydrogens is 514 g/mol. The molecule has 40 heavy (non-hydrogen) atoms. The van der Waals surface area contributed by atoms with Crippen LogP contribution in [0.2, 0.25) is 0 Å². The van der Waals surface area contributed by atoms with E-state index in [4.69, 9.17) is 14.5 Å². The molecule has 1 amide bonds. The Morgan fingerprint density at radius 1 is 1.12 bits per heavy atom. The van der Waals surface area contributed by atoms with E-state index in [1.807, 2.05) is 69.5 Å². The highest BCUT2D eigenvalue weighted by atomic mass is 19.1. The quantitative estimate of drug-likeness (QED) is 0.342.